The summed E-state index contributed by atoms with van der Waals surface area (Å²) in [6, 6.07) is 6.46. The van der Waals surface area contributed by atoms with Gasteiger partial charge in [0.1, 0.15) is 5.82 Å². The average molecular weight is 307 g/mol. The molecule has 5 heteroatoms. The topological polar surface area (TPSA) is 42.2 Å². The zero-order chi connectivity index (χ0) is 15.4. The molecule has 0 saturated heterocycles. The minimum absolute atomic E-state index is 0.167. The average Bonchev–Trinajstić information content (AvgIpc) is 2.84. The van der Waals surface area contributed by atoms with E-state index in [1.54, 1.807) is 23.5 Å². The van der Waals surface area contributed by atoms with Crippen LogP contribution in [0.15, 0.2) is 29.8 Å². The zero-order valence-electron chi connectivity index (χ0n) is 12.7. The Labute approximate surface area is 129 Å². The highest BCUT2D eigenvalue weighted by molar-refractivity contribution is 7.09. The van der Waals surface area contributed by atoms with Crippen molar-refractivity contribution in [2.45, 2.75) is 26.4 Å². The van der Waals surface area contributed by atoms with Crippen molar-refractivity contribution >= 4 is 11.3 Å². The van der Waals surface area contributed by atoms with E-state index in [1.807, 2.05) is 18.5 Å². The molecule has 0 fully saturated rings. The highest BCUT2D eigenvalue weighted by Gasteiger charge is 2.19. The van der Waals surface area contributed by atoms with Crippen LogP contribution in [-0.2, 0) is 6.54 Å². The van der Waals surface area contributed by atoms with Crippen LogP contribution in [-0.4, -0.2) is 23.5 Å². The van der Waals surface area contributed by atoms with E-state index in [9.17, 15) is 4.39 Å². The van der Waals surface area contributed by atoms with E-state index in [0.29, 0.717) is 5.56 Å². The number of nitrogens with zero attached hydrogens (tertiary/aromatic N) is 2. The van der Waals surface area contributed by atoms with Crippen LogP contribution in [0.25, 0.3) is 0 Å². The highest BCUT2D eigenvalue weighted by Crippen LogP contribution is 2.23. The Morgan fingerprint density at radius 1 is 1.38 bits per heavy atom. The lowest BCUT2D eigenvalue weighted by molar-refractivity contribution is 0.257. The minimum atomic E-state index is -0.295. The van der Waals surface area contributed by atoms with Gasteiger partial charge < -0.3 is 10.6 Å². The summed E-state index contributed by atoms with van der Waals surface area (Å²) >= 11 is 1.67. The summed E-state index contributed by atoms with van der Waals surface area (Å²) in [4.78, 5) is 7.74. The van der Waals surface area contributed by atoms with E-state index >= 15 is 0 Å². The number of halogens is 1. The first kappa shape index (κ1) is 16.1. The number of rotatable bonds is 6. The predicted molar refractivity (Wildman–Crippen MR) is 85.7 cm³/mol. The lowest BCUT2D eigenvalue weighted by Crippen LogP contribution is -2.31. The molecule has 1 aromatic heterocycles. The van der Waals surface area contributed by atoms with Crippen molar-refractivity contribution in [3.63, 3.8) is 0 Å². The van der Waals surface area contributed by atoms with Crippen LogP contribution in [0.5, 0.6) is 0 Å². The number of thiazole rings is 1. The maximum absolute atomic E-state index is 13.8. The van der Waals surface area contributed by atoms with Crippen LogP contribution in [0.3, 0.4) is 0 Å². The van der Waals surface area contributed by atoms with Crippen molar-refractivity contribution in [3.05, 3.63) is 51.7 Å². The van der Waals surface area contributed by atoms with Gasteiger partial charge in [0, 0.05) is 29.6 Å². The highest BCUT2D eigenvalue weighted by atomic mass is 32.1. The molecular weight excluding hydrogens is 285 g/mol. The van der Waals surface area contributed by atoms with E-state index in [-0.39, 0.29) is 17.8 Å². The third-order valence-corrected chi connectivity index (χ3v) is 4.66. The molecule has 2 rings (SSSR count). The van der Waals surface area contributed by atoms with E-state index < -0.39 is 0 Å². The third kappa shape index (κ3) is 4.09. The van der Waals surface area contributed by atoms with Gasteiger partial charge in [-0.3, -0.25) is 0 Å². The van der Waals surface area contributed by atoms with Gasteiger partial charge in [0.2, 0.25) is 0 Å². The molecule has 0 saturated carbocycles. The Balaban J connectivity index is 1.96. The molecule has 0 aliphatic rings. The fourth-order valence-electron chi connectivity index (χ4n) is 2.44. The molecule has 0 aliphatic carbocycles. The van der Waals surface area contributed by atoms with Gasteiger partial charge in [-0.25, -0.2) is 9.37 Å². The molecule has 1 heterocycles. The molecule has 2 unspecified atom stereocenters. The predicted octanol–water partition coefficient (Wildman–Crippen LogP) is 3.36. The van der Waals surface area contributed by atoms with E-state index in [1.165, 1.54) is 10.9 Å². The smallest absolute Gasteiger partial charge is 0.127 e. The molecule has 0 bridgehead atoms. The molecular formula is C16H22FN3S. The lowest BCUT2D eigenvalue weighted by atomic mass is 9.94. The summed E-state index contributed by atoms with van der Waals surface area (Å²) < 4.78 is 13.8. The van der Waals surface area contributed by atoms with Gasteiger partial charge in [-0.05, 0) is 26.0 Å². The quantitative estimate of drug-likeness (QED) is 0.890. The minimum Gasteiger partial charge on any atom is -0.324 e. The Hall–Kier alpha value is -1.30. The van der Waals surface area contributed by atoms with E-state index in [2.05, 4.69) is 23.9 Å². The van der Waals surface area contributed by atoms with Gasteiger partial charge in [0.25, 0.3) is 0 Å². The number of aromatic nitrogens is 1. The largest absolute Gasteiger partial charge is 0.324 e. The second-order valence-corrected chi connectivity index (χ2v) is 6.52. The molecule has 0 radical (unpaired) electrons. The summed E-state index contributed by atoms with van der Waals surface area (Å²) in [5, 5.41) is 0. The Kier molecular flexibility index (Phi) is 5.45. The van der Waals surface area contributed by atoms with Crippen molar-refractivity contribution < 1.29 is 4.39 Å². The molecule has 3 nitrogen and oxygen atoms in total. The number of hydrogen-bond acceptors (Lipinski definition) is 4. The fourth-order valence-corrected chi connectivity index (χ4v) is 3.30. The van der Waals surface area contributed by atoms with Gasteiger partial charge in [-0.2, -0.15) is 0 Å². The summed E-state index contributed by atoms with van der Waals surface area (Å²) in [5.41, 5.74) is 9.75. The van der Waals surface area contributed by atoms with Crippen molar-refractivity contribution in [3.8, 4) is 0 Å². The molecule has 114 valence electrons. The number of nitrogens with two attached hydrogens (primary N) is 1. The van der Waals surface area contributed by atoms with Gasteiger partial charge in [-0.15, -0.1) is 11.3 Å². The van der Waals surface area contributed by atoms with Crippen LogP contribution < -0.4 is 5.73 Å². The van der Waals surface area contributed by atoms with Crippen LogP contribution >= 0.6 is 11.3 Å². The van der Waals surface area contributed by atoms with Crippen LogP contribution in [0.2, 0.25) is 0 Å². The van der Waals surface area contributed by atoms with Gasteiger partial charge in [0.15, 0.2) is 0 Å². The monoisotopic (exact) mass is 307 g/mol. The molecule has 21 heavy (non-hydrogen) atoms. The van der Waals surface area contributed by atoms with Crippen LogP contribution in [0, 0.1) is 18.7 Å². The standard InChI is InChI=1S/C16H22FN3S/c1-11(16(18)13-6-4-5-7-14(13)17)8-20(3)9-15-12(2)19-10-21-15/h4-7,10-11,16H,8-9,18H2,1-3H3. The Morgan fingerprint density at radius 3 is 2.71 bits per heavy atom. The summed E-state index contributed by atoms with van der Waals surface area (Å²) in [7, 11) is 2.06. The number of aryl methyl sites for hydroxylation is 1. The first-order valence-electron chi connectivity index (χ1n) is 7.06. The maximum atomic E-state index is 13.8. The van der Waals surface area contributed by atoms with E-state index in [0.717, 1.165) is 18.8 Å². The lowest BCUT2D eigenvalue weighted by Gasteiger charge is -2.26. The molecule has 0 amide bonds. The van der Waals surface area contributed by atoms with E-state index in [4.69, 9.17) is 5.73 Å². The SMILES string of the molecule is Cc1ncsc1CN(C)CC(C)C(N)c1ccccc1F. The molecule has 0 spiro atoms. The number of benzene rings is 1. The van der Waals surface area contributed by atoms with Crippen LogP contribution in [0.4, 0.5) is 4.39 Å². The number of hydrogen-bond donors (Lipinski definition) is 1. The molecule has 2 aromatic rings. The second kappa shape index (κ2) is 7.11. The Morgan fingerprint density at radius 2 is 2.10 bits per heavy atom. The normalized spacial score (nSPS) is 14.4. The maximum Gasteiger partial charge on any atom is 0.127 e. The van der Waals surface area contributed by atoms with Gasteiger partial charge in [0.05, 0.1) is 11.2 Å². The molecule has 2 N–H and O–H groups in total. The van der Waals surface area contributed by atoms with Crippen molar-refractivity contribution in [1.82, 2.24) is 9.88 Å². The second-order valence-electron chi connectivity index (χ2n) is 5.58. The van der Waals surface area contributed by atoms with Gasteiger partial charge in [-0.1, -0.05) is 25.1 Å². The van der Waals surface area contributed by atoms with Gasteiger partial charge >= 0.3 is 0 Å². The first-order chi connectivity index (χ1) is 9.99. The zero-order valence-corrected chi connectivity index (χ0v) is 13.5. The summed E-state index contributed by atoms with van der Waals surface area (Å²) in [5.74, 6) is -0.0575. The van der Waals surface area contributed by atoms with Crippen LogP contribution in [0.1, 0.15) is 29.1 Å². The van der Waals surface area contributed by atoms with Crippen molar-refractivity contribution in [1.29, 1.82) is 0 Å². The first-order valence-corrected chi connectivity index (χ1v) is 7.94. The molecule has 2 atom stereocenters. The summed E-state index contributed by atoms with van der Waals surface area (Å²) in [6.07, 6.45) is 0. The fraction of sp³-hybridized carbons (Fsp3) is 0.438. The van der Waals surface area contributed by atoms with Crippen molar-refractivity contribution in [2.24, 2.45) is 11.7 Å². The third-order valence-electron chi connectivity index (χ3n) is 3.74. The Bertz CT molecular complexity index is 584. The summed E-state index contributed by atoms with van der Waals surface area (Å²) in [6.45, 7) is 5.75. The molecule has 0 aliphatic heterocycles. The molecule has 1 aromatic carbocycles. The van der Waals surface area contributed by atoms with Crippen molar-refractivity contribution in [2.75, 3.05) is 13.6 Å².